The lowest BCUT2D eigenvalue weighted by Crippen LogP contribution is -2.59. The summed E-state index contributed by atoms with van der Waals surface area (Å²) in [7, 11) is -3.33. The summed E-state index contributed by atoms with van der Waals surface area (Å²) < 4.78 is 30.0. The minimum absolute atomic E-state index is 0.0218. The van der Waals surface area contributed by atoms with Crippen LogP contribution in [0.4, 0.5) is 0 Å². The number of ether oxygens (including phenoxy) is 1. The number of rotatable bonds is 4. The third kappa shape index (κ3) is 3.99. The lowest BCUT2D eigenvalue weighted by molar-refractivity contribution is -0.152. The first-order valence-corrected chi connectivity index (χ1v) is 8.42. The van der Waals surface area contributed by atoms with Crippen LogP contribution in [-0.4, -0.2) is 55.2 Å². The van der Waals surface area contributed by atoms with Crippen molar-refractivity contribution in [2.45, 2.75) is 19.1 Å². The van der Waals surface area contributed by atoms with Crippen LogP contribution in [0.1, 0.15) is 12.5 Å². The van der Waals surface area contributed by atoms with Gasteiger partial charge in [0.05, 0.1) is 19.4 Å². The van der Waals surface area contributed by atoms with E-state index in [1.54, 1.807) is 31.5 Å². The van der Waals surface area contributed by atoms with Gasteiger partial charge in [0.15, 0.2) is 5.60 Å². The third-order valence-corrected chi connectivity index (χ3v) is 4.64. The fourth-order valence-corrected chi connectivity index (χ4v) is 3.01. The Bertz CT molecular complexity index is 605. The van der Waals surface area contributed by atoms with Crippen molar-refractivity contribution in [3.8, 4) is 0 Å². The largest absolute Gasteiger partial charge is 0.363 e. The average Bonchev–Trinajstić information content (AvgIpc) is 2.45. The molecule has 0 bridgehead atoms. The van der Waals surface area contributed by atoms with Crippen molar-refractivity contribution in [2.75, 3.05) is 26.0 Å². The summed E-state index contributed by atoms with van der Waals surface area (Å²) in [6.07, 6.45) is 4.42. The number of aromatic nitrogens is 1. The van der Waals surface area contributed by atoms with Gasteiger partial charge in [0, 0.05) is 25.5 Å². The zero-order valence-corrected chi connectivity index (χ0v) is 12.9. The molecule has 1 amide bonds. The molecule has 0 saturated carbocycles. The minimum Gasteiger partial charge on any atom is -0.363 e. The number of sulfonamides is 1. The maximum atomic E-state index is 12.3. The zero-order valence-electron chi connectivity index (χ0n) is 12.1. The fraction of sp³-hybridized carbons (Fsp3) is 0.538. The fourth-order valence-electron chi connectivity index (χ4n) is 2.12. The van der Waals surface area contributed by atoms with Crippen LogP contribution in [0, 0.1) is 0 Å². The van der Waals surface area contributed by atoms with Crippen LogP contribution in [0.3, 0.4) is 0 Å². The van der Waals surface area contributed by atoms with Crippen molar-refractivity contribution in [2.24, 2.45) is 0 Å². The highest BCUT2D eigenvalue weighted by Gasteiger charge is 2.41. The number of hydrogen-bond donors (Lipinski definition) is 1. The van der Waals surface area contributed by atoms with Gasteiger partial charge < -0.3 is 10.1 Å². The second-order valence-electron chi connectivity index (χ2n) is 5.21. The maximum absolute atomic E-state index is 12.3. The summed E-state index contributed by atoms with van der Waals surface area (Å²) in [4.78, 5) is 16.2. The second-order valence-corrected chi connectivity index (χ2v) is 7.20. The Kier molecular flexibility index (Phi) is 4.60. The number of carbonyl (C=O) groups is 1. The highest BCUT2D eigenvalue weighted by molar-refractivity contribution is 7.88. The van der Waals surface area contributed by atoms with Crippen molar-refractivity contribution in [1.29, 1.82) is 0 Å². The van der Waals surface area contributed by atoms with Crippen LogP contribution in [0.5, 0.6) is 0 Å². The van der Waals surface area contributed by atoms with Gasteiger partial charge in [0.2, 0.25) is 10.0 Å². The number of nitrogens with zero attached hydrogens (tertiary/aromatic N) is 2. The Morgan fingerprint density at radius 1 is 1.48 bits per heavy atom. The van der Waals surface area contributed by atoms with Crippen LogP contribution >= 0.6 is 0 Å². The van der Waals surface area contributed by atoms with Crippen molar-refractivity contribution in [1.82, 2.24) is 14.6 Å². The van der Waals surface area contributed by atoms with Crippen LogP contribution in [0.25, 0.3) is 0 Å². The molecule has 1 saturated heterocycles. The minimum atomic E-state index is -3.33. The standard InChI is InChI=1S/C13H19N3O4S/c1-13(10-16(7-8-20-13)21(2,18)19)12(17)15-9-11-3-5-14-6-4-11/h3-6H,7-10H2,1-2H3,(H,15,17)/t13-/m1/s1. The normalized spacial score (nSPS) is 23.7. The predicted octanol–water partition coefficient (Wildman–Crippen LogP) is -0.252. The van der Waals surface area contributed by atoms with Gasteiger partial charge in [-0.3, -0.25) is 9.78 Å². The molecule has 1 aliphatic rings. The molecular formula is C13H19N3O4S. The molecule has 1 fully saturated rings. The van der Waals surface area contributed by atoms with E-state index in [9.17, 15) is 13.2 Å². The Labute approximate surface area is 124 Å². The molecule has 0 unspecified atom stereocenters. The van der Waals surface area contributed by atoms with Gasteiger partial charge in [0.1, 0.15) is 0 Å². The van der Waals surface area contributed by atoms with Crippen LogP contribution in [0.2, 0.25) is 0 Å². The monoisotopic (exact) mass is 313 g/mol. The molecule has 0 radical (unpaired) electrons. The lowest BCUT2D eigenvalue weighted by atomic mass is 10.0. The molecule has 7 nitrogen and oxygen atoms in total. The number of carbonyl (C=O) groups excluding carboxylic acids is 1. The van der Waals surface area contributed by atoms with E-state index in [2.05, 4.69) is 10.3 Å². The quantitative estimate of drug-likeness (QED) is 0.828. The molecule has 2 rings (SSSR count). The van der Waals surface area contributed by atoms with Gasteiger partial charge in [-0.15, -0.1) is 0 Å². The molecule has 0 spiro atoms. The van der Waals surface area contributed by atoms with Gasteiger partial charge in [0.25, 0.3) is 5.91 Å². The Hall–Kier alpha value is -1.51. The van der Waals surface area contributed by atoms with Crippen LogP contribution in [-0.2, 0) is 26.1 Å². The Balaban J connectivity index is 2.00. The molecular weight excluding hydrogens is 294 g/mol. The highest BCUT2D eigenvalue weighted by atomic mass is 32.2. The molecule has 1 atom stereocenters. The molecule has 0 aromatic carbocycles. The first-order chi connectivity index (χ1) is 9.81. The number of nitrogens with one attached hydrogen (secondary N) is 1. The number of amides is 1. The Morgan fingerprint density at radius 2 is 2.14 bits per heavy atom. The van der Waals surface area contributed by atoms with Crippen LogP contribution in [0.15, 0.2) is 24.5 Å². The summed E-state index contributed by atoms with van der Waals surface area (Å²) in [5, 5.41) is 2.77. The molecule has 8 heteroatoms. The molecule has 2 heterocycles. The summed E-state index contributed by atoms with van der Waals surface area (Å²) in [6, 6.07) is 3.60. The van der Waals surface area contributed by atoms with Crippen molar-refractivity contribution >= 4 is 15.9 Å². The lowest BCUT2D eigenvalue weighted by Gasteiger charge is -2.37. The van der Waals surface area contributed by atoms with Gasteiger partial charge >= 0.3 is 0 Å². The van der Waals surface area contributed by atoms with Crippen molar-refractivity contribution in [3.05, 3.63) is 30.1 Å². The van der Waals surface area contributed by atoms with E-state index >= 15 is 0 Å². The van der Waals surface area contributed by atoms with E-state index in [0.717, 1.165) is 11.8 Å². The molecule has 0 aliphatic carbocycles. The van der Waals surface area contributed by atoms with Gasteiger partial charge in [-0.05, 0) is 24.6 Å². The van der Waals surface area contributed by atoms with Gasteiger partial charge in [-0.25, -0.2) is 8.42 Å². The molecule has 1 aliphatic heterocycles. The zero-order chi connectivity index (χ0) is 15.5. The number of hydrogen-bond acceptors (Lipinski definition) is 5. The van der Waals surface area contributed by atoms with E-state index < -0.39 is 15.6 Å². The molecule has 116 valence electrons. The first kappa shape index (κ1) is 15.9. The smallest absolute Gasteiger partial charge is 0.253 e. The van der Waals surface area contributed by atoms with Crippen molar-refractivity contribution in [3.63, 3.8) is 0 Å². The first-order valence-electron chi connectivity index (χ1n) is 6.57. The number of morpholine rings is 1. The van der Waals surface area contributed by atoms with E-state index in [-0.39, 0.29) is 25.6 Å². The number of pyridine rings is 1. The second kappa shape index (κ2) is 6.08. The summed E-state index contributed by atoms with van der Waals surface area (Å²) in [6.45, 7) is 2.44. The molecule has 1 aromatic heterocycles. The Morgan fingerprint density at radius 3 is 2.76 bits per heavy atom. The van der Waals surface area contributed by atoms with E-state index in [1.807, 2.05) is 0 Å². The topological polar surface area (TPSA) is 88.6 Å². The maximum Gasteiger partial charge on any atom is 0.253 e. The highest BCUT2D eigenvalue weighted by Crippen LogP contribution is 2.20. The molecule has 21 heavy (non-hydrogen) atoms. The third-order valence-electron chi connectivity index (χ3n) is 3.39. The average molecular weight is 313 g/mol. The van der Waals surface area contributed by atoms with Crippen molar-refractivity contribution < 1.29 is 17.9 Å². The van der Waals surface area contributed by atoms with E-state index in [0.29, 0.717) is 6.54 Å². The summed E-state index contributed by atoms with van der Waals surface area (Å²) in [5.74, 6) is -0.326. The van der Waals surface area contributed by atoms with Crippen LogP contribution < -0.4 is 5.32 Å². The van der Waals surface area contributed by atoms with E-state index in [1.165, 1.54) is 4.31 Å². The molecule has 1 N–H and O–H groups in total. The SMILES string of the molecule is C[C@]1(C(=O)NCc2ccncc2)CN(S(C)(=O)=O)CCO1. The summed E-state index contributed by atoms with van der Waals surface area (Å²) in [5.41, 5.74) is -0.258. The predicted molar refractivity (Wildman–Crippen MR) is 76.9 cm³/mol. The van der Waals surface area contributed by atoms with E-state index in [4.69, 9.17) is 4.74 Å². The van der Waals surface area contributed by atoms with Gasteiger partial charge in [-0.2, -0.15) is 4.31 Å². The summed E-state index contributed by atoms with van der Waals surface area (Å²) >= 11 is 0. The molecule has 1 aromatic rings. The van der Waals surface area contributed by atoms with Gasteiger partial charge in [-0.1, -0.05) is 0 Å².